The highest BCUT2D eigenvalue weighted by molar-refractivity contribution is 7.11. The lowest BCUT2D eigenvalue weighted by molar-refractivity contribution is -0.139. The molecule has 1 N–H and O–H groups in total. The van der Waals surface area contributed by atoms with Crippen LogP contribution in [-0.2, 0) is 0 Å². The molecule has 1 aromatic heterocycles. The van der Waals surface area contributed by atoms with Crippen LogP contribution < -0.4 is 5.32 Å². The Kier molecular flexibility index (Phi) is 4.26. The predicted octanol–water partition coefficient (Wildman–Crippen LogP) is 2.84. The third-order valence-corrected chi connectivity index (χ3v) is 3.01. The monoisotopic (exact) mass is 253 g/mol. The molecule has 1 aromatic rings. The first-order chi connectivity index (χ1) is 7.28. The van der Waals surface area contributed by atoms with Crippen LogP contribution in [-0.4, -0.2) is 22.4 Å². The fourth-order valence-corrected chi connectivity index (χ4v) is 2.10. The van der Waals surface area contributed by atoms with E-state index in [-0.39, 0.29) is 6.04 Å². The second kappa shape index (κ2) is 5.09. The van der Waals surface area contributed by atoms with Crippen LogP contribution in [0.4, 0.5) is 13.2 Å². The van der Waals surface area contributed by atoms with Crippen LogP contribution in [0.5, 0.6) is 0 Å². The quantitative estimate of drug-likeness (QED) is 0.896. The van der Waals surface area contributed by atoms with E-state index >= 15 is 0 Å². The van der Waals surface area contributed by atoms with Gasteiger partial charge in [-0.2, -0.15) is 13.2 Å². The van der Waals surface area contributed by atoms with E-state index in [0.717, 1.165) is 5.01 Å². The Morgan fingerprint density at radius 2 is 1.94 bits per heavy atom. The molecule has 0 saturated heterocycles. The molecular formula is C9H14F3N3S. The molecular weight excluding hydrogens is 239 g/mol. The Balaban J connectivity index is 2.48. The second-order valence-corrected chi connectivity index (χ2v) is 4.98. The first-order valence-electron chi connectivity index (χ1n) is 4.90. The summed E-state index contributed by atoms with van der Waals surface area (Å²) in [5.74, 6) is 0. The van der Waals surface area contributed by atoms with Crippen LogP contribution in [0.1, 0.15) is 36.3 Å². The van der Waals surface area contributed by atoms with Crippen molar-refractivity contribution in [2.75, 3.05) is 0 Å². The van der Waals surface area contributed by atoms with Crippen molar-refractivity contribution in [3.8, 4) is 0 Å². The summed E-state index contributed by atoms with van der Waals surface area (Å²) < 4.78 is 36.3. The number of alkyl halides is 3. The summed E-state index contributed by atoms with van der Waals surface area (Å²) in [6.45, 7) is 5.11. The molecule has 0 bridgehead atoms. The highest BCUT2D eigenvalue weighted by Crippen LogP contribution is 2.23. The SMILES string of the molecule is Cc1nnc(C(C)NC(C)CC(F)(F)F)s1. The van der Waals surface area contributed by atoms with Gasteiger partial charge in [-0.3, -0.25) is 0 Å². The van der Waals surface area contributed by atoms with Crippen molar-refractivity contribution in [1.29, 1.82) is 0 Å². The van der Waals surface area contributed by atoms with Gasteiger partial charge in [0.1, 0.15) is 10.0 Å². The lowest BCUT2D eigenvalue weighted by atomic mass is 10.2. The molecule has 1 heterocycles. The summed E-state index contributed by atoms with van der Waals surface area (Å²) in [4.78, 5) is 0. The van der Waals surface area contributed by atoms with Gasteiger partial charge in [0.25, 0.3) is 0 Å². The minimum absolute atomic E-state index is 0.205. The molecule has 0 aliphatic heterocycles. The molecule has 0 radical (unpaired) electrons. The lowest BCUT2D eigenvalue weighted by Crippen LogP contribution is -2.33. The highest BCUT2D eigenvalue weighted by Gasteiger charge is 2.30. The molecule has 1 rings (SSSR count). The zero-order valence-corrected chi connectivity index (χ0v) is 10.1. The Morgan fingerprint density at radius 3 is 2.38 bits per heavy atom. The number of aryl methyl sites for hydroxylation is 1. The zero-order valence-electron chi connectivity index (χ0n) is 9.30. The van der Waals surface area contributed by atoms with Crippen LogP contribution in [0.3, 0.4) is 0 Å². The minimum atomic E-state index is -4.14. The molecule has 16 heavy (non-hydrogen) atoms. The summed E-state index contributed by atoms with van der Waals surface area (Å²) in [6, 6.07) is -0.831. The maximum atomic E-state index is 12.1. The van der Waals surface area contributed by atoms with Crippen LogP contribution in [0.2, 0.25) is 0 Å². The Bertz CT molecular complexity index is 337. The van der Waals surface area contributed by atoms with Crippen molar-refractivity contribution in [3.63, 3.8) is 0 Å². The van der Waals surface area contributed by atoms with Gasteiger partial charge in [0.15, 0.2) is 0 Å². The van der Waals surface area contributed by atoms with Crippen molar-refractivity contribution < 1.29 is 13.2 Å². The largest absolute Gasteiger partial charge is 0.390 e. The third-order valence-electron chi connectivity index (χ3n) is 1.98. The molecule has 0 saturated carbocycles. The average Bonchev–Trinajstić information content (AvgIpc) is 2.47. The smallest absolute Gasteiger partial charge is 0.305 e. The van der Waals surface area contributed by atoms with Crippen molar-refractivity contribution in [2.45, 2.75) is 45.5 Å². The van der Waals surface area contributed by atoms with E-state index in [4.69, 9.17) is 0 Å². The Labute approximate surface area is 96.1 Å². The van der Waals surface area contributed by atoms with E-state index in [2.05, 4.69) is 15.5 Å². The van der Waals surface area contributed by atoms with Gasteiger partial charge < -0.3 is 5.32 Å². The molecule has 0 aliphatic carbocycles. The van der Waals surface area contributed by atoms with Crippen molar-refractivity contribution in [3.05, 3.63) is 10.0 Å². The van der Waals surface area contributed by atoms with E-state index in [1.165, 1.54) is 18.3 Å². The van der Waals surface area contributed by atoms with E-state index in [1.807, 2.05) is 6.92 Å². The van der Waals surface area contributed by atoms with E-state index in [1.54, 1.807) is 6.92 Å². The first kappa shape index (κ1) is 13.4. The number of nitrogens with one attached hydrogen (secondary N) is 1. The van der Waals surface area contributed by atoms with Crippen molar-refractivity contribution >= 4 is 11.3 Å². The van der Waals surface area contributed by atoms with Gasteiger partial charge >= 0.3 is 6.18 Å². The van der Waals surface area contributed by atoms with Crippen molar-refractivity contribution in [1.82, 2.24) is 15.5 Å². The number of nitrogens with zero attached hydrogens (tertiary/aromatic N) is 2. The van der Waals surface area contributed by atoms with Gasteiger partial charge in [-0.05, 0) is 20.8 Å². The zero-order chi connectivity index (χ0) is 12.3. The van der Waals surface area contributed by atoms with Gasteiger partial charge in [0, 0.05) is 6.04 Å². The fraction of sp³-hybridized carbons (Fsp3) is 0.778. The number of rotatable bonds is 4. The topological polar surface area (TPSA) is 37.8 Å². The molecule has 0 aromatic carbocycles. The van der Waals surface area contributed by atoms with Gasteiger partial charge in [0.2, 0.25) is 0 Å². The van der Waals surface area contributed by atoms with Crippen LogP contribution in [0, 0.1) is 6.92 Å². The Hall–Kier alpha value is -0.690. The molecule has 2 unspecified atom stereocenters. The number of hydrogen-bond donors (Lipinski definition) is 1. The fourth-order valence-electron chi connectivity index (χ4n) is 1.39. The van der Waals surface area contributed by atoms with Gasteiger partial charge in [-0.1, -0.05) is 0 Å². The molecule has 0 aliphatic rings. The van der Waals surface area contributed by atoms with Crippen molar-refractivity contribution in [2.24, 2.45) is 0 Å². The molecule has 92 valence electrons. The highest BCUT2D eigenvalue weighted by atomic mass is 32.1. The second-order valence-electron chi connectivity index (χ2n) is 3.77. The lowest BCUT2D eigenvalue weighted by Gasteiger charge is -2.19. The summed E-state index contributed by atoms with van der Waals surface area (Å²) in [5, 5.41) is 12.1. The van der Waals surface area contributed by atoms with Crippen LogP contribution in [0.25, 0.3) is 0 Å². The molecule has 2 atom stereocenters. The van der Waals surface area contributed by atoms with E-state index in [0.29, 0.717) is 5.01 Å². The number of aromatic nitrogens is 2. The maximum absolute atomic E-state index is 12.1. The summed E-state index contributed by atoms with van der Waals surface area (Å²) in [7, 11) is 0. The van der Waals surface area contributed by atoms with E-state index in [9.17, 15) is 13.2 Å². The number of halogens is 3. The van der Waals surface area contributed by atoms with E-state index < -0.39 is 18.6 Å². The summed E-state index contributed by atoms with van der Waals surface area (Å²) >= 11 is 1.39. The van der Waals surface area contributed by atoms with Gasteiger partial charge in [-0.15, -0.1) is 21.5 Å². The van der Waals surface area contributed by atoms with Crippen LogP contribution >= 0.6 is 11.3 Å². The normalized spacial score (nSPS) is 16.1. The maximum Gasteiger partial charge on any atom is 0.390 e. The molecule has 0 spiro atoms. The summed E-state index contributed by atoms with van der Waals surface area (Å²) in [6.07, 6.45) is -4.97. The minimum Gasteiger partial charge on any atom is -0.305 e. The van der Waals surface area contributed by atoms with Gasteiger partial charge in [0.05, 0.1) is 12.5 Å². The molecule has 7 heteroatoms. The standard InChI is InChI=1S/C9H14F3N3S/c1-5(4-9(10,11)12)13-6(2)8-15-14-7(3)16-8/h5-6,13H,4H2,1-3H3. The third kappa shape index (κ3) is 4.44. The summed E-state index contributed by atoms with van der Waals surface area (Å²) in [5.41, 5.74) is 0. The van der Waals surface area contributed by atoms with Gasteiger partial charge in [-0.25, -0.2) is 0 Å². The predicted molar refractivity (Wildman–Crippen MR) is 56.3 cm³/mol. The van der Waals surface area contributed by atoms with Crippen LogP contribution in [0.15, 0.2) is 0 Å². The average molecular weight is 253 g/mol. The molecule has 0 amide bonds. The number of hydrogen-bond acceptors (Lipinski definition) is 4. The first-order valence-corrected chi connectivity index (χ1v) is 5.72. The molecule has 3 nitrogen and oxygen atoms in total. The molecule has 0 fully saturated rings. The Morgan fingerprint density at radius 1 is 1.31 bits per heavy atom.